The van der Waals surface area contributed by atoms with Crippen LogP contribution < -0.4 is 16.1 Å². The van der Waals surface area contributed by atoms with Gasteiger partial charge in [-0.05, 0) is 22.0 Å². The van der Waals surface area contributed by atoms with Gasteiger partial charge in [0.05, 0.1) is 11.4 Å². The van der Waals surface area contributed by atoms with Crippen molar-refractivity contribution >= 4 is 44.8 Å². The molecule has 1 heterocycles. The van der Waals surface area contributed by atoms with E-state index in [1.807, 2.05) is 4.90 Å². The molecule has 1 aliphatic heterocycles. The van der Waals surface area contributed by atoms with Crippen molar-refractivity contribution in [1.82, 2.24) is 4.90 Å². The molecule has 0 aromatic heterocycles. The minimum atomic E-state index is -0.480. The van der Waals surface area contributed by atoms with Crippen molar-refractivity contribution in [2.75, 3.05) is 36.5 Å². The van der Waals surface area contributed by atoms with Gasteiger partial charge in [0.2, 0.25) is 11.6 Å². The molecule has 0 radical (unpaired) electrons. The largest absolute Gasteiger partial charge is 0.382 e. The zero-order valence-corrected chi connectivity index (χ0v) is 15.1. The number of amides is 1. The van der Waals surface area contributed by atoms with Crippen LogP contribution in [0, 0.1) is 22.6 Å². The van der Waals surface area contributed by atoms with Gasteiger partial charge in [0.15, 0.2) is 5.84 Å². The van der Waals surface area contributed by atoms with Gasteiger partial charge in [-0.15, -0.1) is 0 Å². The Kier molecular flexibility index (Phi) is 5.93. The summed E-state index contributed by atoms with van der Waals surface area (Å²) in [7, 11) is 0. The fourth-order valence-corrected chi connectivity index (χ4v) is 2.81. The number of piperazine rings is 1. The number of nitriles is 1. The average molecular weight is 410 g/mol. The molecule has 1 aliphatic rings. The number of hydrogen-bond donors (Lipinski definition) is 3. The van der Waals surface area contributed by atoms with Gasteiger partial charge in [0.25, 0.3) is 0 Å². The van der Waals surface area contributed by atoms with Crippen molar-refractivity contribution in [2.24, 2.45) is 10.8 Å². The maximum Gasteiger partial charge on any atom is 0.219 e. The molecule has 0 saturated carbocycles. The summed E-state index contributed by atoms with van der Waals surface area (Å²) in [4.78, 5) is 15.0. The molecule has 1 aromatic carbocycles. The van der Waals surface area contributed by atoms with Gasteiger partial charge in [0, 0.05) is 43.6 Å². The van der Waals surface area contributed by atoms with Crippen molar-refractivity contribution in [3.8, 4) is 6.07 Å². The third-order valence-corrected chi connectivity index (χ3v) is 4.41. The van der Waals surface area contributed by atoms with Gasteiger partial charge in [-0.2, -0.15) is 10.4 Å². The van der Waals surface area contributed by atoms with Crippen LogP contribution in [0.2, 0.25) is 0 Å². The smallest absolute Gasteiger partial charge is 0.219 e. The zero-order valence-electron chi connectivity index (χ0n) is 13.5. The molecule has 0 aliphatic carbocycles. The number of hydrazone groups is 1. The maximum absolute atomic E-state index is 14.5. The second kappa shape index (κ2) is 7.94. The second-order valence-electron chi connectivity index (χ2n) is 5.37. The molecule has 1 fully saturated rings. The number of carbonyl (C=O) groups is 1. The van der Waals surface area contributed by atoms with Crippen LogP contribution in [0.1, 0.15) is 6.92 Å². The lowest BCUT2D eigenvalue weighted by Gasteiger charge is -2.35. The Bertz CT molecular complexity index is 766. The lowest BCUT2D eigenvalue weighted by atomic mass is 10.2. The van der Waals surface area contributed by atoms with Crippen molar-refractivity contribution in [3.05, 3.63) is 22.4 Å². The first kappa shape index (κ1) is 18.7. The standard InChI is InChI=1S/C15H17BrFN7O/c1-9(25)23-2-4-24(5-3-23)14-6-10(16)12(7-11(14)17)21-22-13(8-18)15(19)20/h6-7,21H,2-5H2,1H3,(H3,19,20)/b22-13+. The highest BCUT2D eigenvalue weighted by Crippen LogP contribution is 2.31. The molecular formula is C15H17BrFN7O. The normalized spacial score (nSPS) is 14.9. The molecule has 0 bridgehead atoms. The molecule has 0 spiro atoms. The summed E-state index contributed by atoms with van der Waals surface area (Å²) < 4.78 is 15.0. The van der Waals surface area contributed by atoms with Crippen molar-refractivity contribution in [2.45, 2.75) is 6.92 Å². The number of nitrogens with one attached hydrogen (secondary N) is 2. The first-order valence-corrected chi connectivity index (χ1v) is 8.20. The summed E-state index contributed by atoms with van der Waals surface area (Å²) in [5.41, 5.74) is 8.15. The molecule has 0 unspecified atom stereocenters. The van der Waals surface area contributed by atoms with Gasteiger partial charge in [0.1, 0.15) is 11.9 Å². The Morgan fingerprint density at radius 2 is 2.08 bits per heavy atom. The molecule has 1 aromatic rings. The second-order valence-corrected chi connectivity index (χ2v) is 6.23. The van der Waals surface area contributed by atoms with E-state index in [9.17, 15) is 9.18 Å². The summed E-state index contributed by atoms with van der Waals surface area (Å²) in [5.74, 6) is -0.928. The number of benzene rings is 1. The van der Waals surface area contributed by atoms with E-state index in [1.54, 1.807) is 17.0 Å². The number of anilines is 2. The molecule has 1 saturated heterocycles. The van der Waals surface area contributed by atoms with E-state index in [0.717, 1.165) is 0 Å². The van der Waals surface area contributed by atoms with Crippen LogP contribution in [0.15, 0.2) is 21.7 Å². The first-order valence-electron chi connectivity index (χ1n) is 7.41. The van der Waals surface area contributed by atoms with Gasteiger partial charge < -0.3 is 15.5 Å². The molecule has 8 nitrogen and oxygen atoms in total. The van der Waals surface area contributed by atoms with Gasteiger partial charge in [-0.1, -0.05) is 0 Å². The Balaban J connectivity index is 2.17. The van der Waals surface area contributed by atoms with E-state index in [-0.39, 0.29) is 11.6 Å². The lowest BCUT2D eigenvalue weighted by molar-refractivity contribution is -0.129. The predicted molar refractivity (Wildman–Crippen MR) is 97.2 cm³/mol. The molecule has 2 rings (SSSR count). The van der Waals surface area contributed by atoms with Gasteiger partial charge in [-0.3, -0.25) is 15.6 Å². The van der Waals surface area contributed by atoms with E-state index in [4.69, 9.17) is 16.4 Å². The fourth-order valence-electron chi connectivity index (χ4n) is 2.39. The number of nitrogens with zero attached hydrogens (tertiary/aromatic N) is 4. The number of hydrogen-bond acceptors (Lipinski definition) is 6. The van der Waals surface area contributed by atoms with E-state index >= 15 is 0 Å². The monoisotopic (exact) mass is 409 g/mol. The Morgan fingerprint density at radius 3 is 2.60 bits per heavy atom. The average Bonchev–Trinajstić information content (AvgIpc) is 2.57. The molecule has 1 amide bonds. The van der Waals surface area contributed by atoms with Crippen LogP contribution in [0.5, 0.6) is 0 Å². The van der Waals surface area contributed by atoms with E-state index < -0.39 is 11.7 Å². The highest BCUT2D eigenvalue weighted by atomic mass is 79.9. The number of nitrogens with two attached hydrogens (primary N) is 1. The van der Waals surface area contributed by atoms with Crippen molar-refractivity contribution < 1.29 is 9.18 Å². The fraction of sp³-hybridized carbons (Fsp3) is 0.333. The Morgan fingerprint density at radius 1 is 1.44 bits per heavy atom. The maximum atomic E-state index is 14.5. The van der Waals surface area contributed by atoms with E-state index in [2.05, 4.69) is 26.5 Å². The Hall–Kier alpha value is -2.67. The van der Waals surface area contributed by atoms with E-state index in [0.29, 0.717) is 42.0 Å². The SMILES string of the molecule is CC(=O)N1CCN(c2cc(Br)c(N/N=C(\C#N)C(=N)N)cc2F)CC1. The highest BCUT2D eigenvalue weighted by molar-refractivity contribution is 9.10. The quantitative estimate of drug-likeness (QED) is 0.395. The van der Waals surface area contributed by atoms with Crippen LogP contribution in [-0.2, 0) is 4.79 Å². The van der Waals surface area contributed by atoms with Gasteiger partial charge >= 0.3 is 0 Å². The molecule has 25 heavy (non-hydrogen) atoms. The third kappa shape index (κ3) is 4.45. The summed E-state index contributed by atoms with van der Waals surface area (Å²) in [5, 5.41) is 19.7. The Labute approximate surface area is 152 Å². The molecule has 132 valence electrons. The van der Waals surface area contributed by atoms with Crippen molar-refractivity contribution in [3.63, 3.8) is 0 Å². The third-order valence-electron chi connectivity index (χ3n) is 3.75. The number of amidine groups is 1. The molecular weight excluding hydrogens is 393 g/mol. The van der Waals surface area contributed by atoms with Crippen LogP contribution in [0.4, 0.5) is 15.8 Å². The summed E-state index contributed by atoms with van der Waals surface area (Å²) in [6.07, 6.45) is 0. The number of carbonyl (C=O) groups excluding carboxylic acids is 1. The summed E-state index contributed by atoms with van der Waals surface area (Å²) in [6.45, 7) is 3.68. The van der Waals surface area contributed by atoms with E-state index in [1.165, 1.54) is 13.0 Å². The van der Waals surface area contributed by atoms with Crippen LogP contribution in [0.25, 0.3) is 0 Å². The van der Waals surface area contributed by atoms with Crippen LogP contribution in [-0.4, -0.2) is 48.5 Å². The molecule has 4 N–H and O–H groups in total. The minimum absolute atomic E-state index is 0.0116. The van der Waals surface area contributed by atoms with Crippen LogP contribution in [0.3, 0.4) is 0 Å². The predicted octanol–water partition coefficient (Wildman–Crippen LogP) is 1.48. The number of halogens is 2. The molecule has 10 heteroatoms. The summed E-state index contributed by atoms with van der Waals surface area (Å²) >= 11 is 3.33. The molecule has 0 atom stereocenters. The number of rotatable bonds is 4. The summed E-state index contributed by atoms with van der Waals surface area (Å²) in [6, 6.07) is 4.52. The van der Waals surface area contributed by atoms with Gasteiger partial charge in [-0.25, -0.2) is 4.39 Å². The minimum Gasteiger partial charge on any atom is -0.382 e. The highest BCUT2D eigenvalue weighted by Gasteiger charge is 2.22. The van der Waals surface area contributed by atoms with Crippen molar-refractivity contribution in [1.29, 1.82) is 10.7 Å². The topological polar surface area (TPSA) is 122 Å². The first-order chi connectivity index (χ1) is 11.8. The lowest BCUT2D eigenvalue weighted by Crippen LogP contribution is -2.48. The zero-order chi connectivity index (χ0) is 18.6. The van der Waals surface area contributed by atoms with Crippen LogP contribution >= 0.6 is 15.9 Å².